The van der Waals surface area contributed by atoms with Crippen molar-refractivity contribution in [3.63, 3.8) is 0 Å². The fourth-order valence-corrected chi connectivity index (χ4v) is 4.96. The second-order valence-corrected chi connectivity index (χ2v) is 8.46. The van der Waals surface area contributed by atoms with Gasteiger partial charge in [-0.2, -0.15) is 5.10 Å². The molecule has 2 aliphatic rings. The summed E-state index contributed by atoms with van der Waals surface area (Å²) >= 11 is 1.80. The number of hydrogen-bond acceptors (Lipinski definition) is 6. The van der Waals surface area contributed by atoms with E-state index in [9.17, 15) is 0 Å². The molecule has 0 radical (unpaired) electrons. The third kappa shape index (κ3) is 4.27. The molecule has 0 amide bonds. The summed E-state index contributed by atoms with van der Waals surface area (Å²) < 4.78 is 0. The number of piperidine rings is 1. The molecule has 1 unspecified atom stereocenters. The summed E-state index contributed by atoms with van der Waals surface area (Å²) in [5, 5.41) is 11.3. The molecule has 6 nitrogen and oxygen atoms in total. The van der Waals surface area contributed by atoms with Crippen LogP contribution in [0.5, 0.6) is 0 Å². The molecular weight excluding hydrogens is 344 g/mol. The van der Waals surface area contributed by atoms with Crippen LogP contribution in [0, 0.1) is 6.92 Å². The van der Waals surface area contributed by atoms with E-state index in [-0.39, 0.29) is 0 Å². The maximum atomic E-state index is 4.59. The lowest BCUT2D eigenvalue weighted by Crippen LogP contribution is -2.43. The minimum absolute atomic E-state index is 0.595. The van der Waals surface area contributed by atoms with Crippen LogP contribution in [0.1, 0.15) is 41.4 Å². The van der Waals surface area contributed by atoms with Gasteiger partial charge in [0.15, 0.2) is 5.82 Å². The van der Waals surface area contributed by atoms with Crippen molar-refractivity contribution in [1.29, 1.82) is 0 Å². The normalized spacial score (nSPS) is 22.0. The SMILES string of the molecule is Cc1ncsc1CCCN1CCCC(c2cc(N3CCNCC3)n[nH]2)C1. The highest BCUT2D eigenvalue weighted by molar-refractivity contribution is 7.09. The Morgan fingerprint density at radius 3 is 2.96 bits per heavy atom. The van der Waals surface area contributed by atoms with Crippen molar-refractivity contribution in [3.8, 4) is 0 Å². The second-order valence-electron chi connectivity index (χ2n) is 7.52. The van der Waals surface area contributed by atoms with Crippen LogP contribution < -0.4 is 10.2 Å². The van der Waals surface area contributed by atoms with E-state index in [4.69, 9.17) is 0 Å². The first kappa shape index (κ1) is 17.9. The van der Waals surface area contributed by atoms with Crippen molar-refractivity contribution in [3.05, 3.63) is 27.8 Å². The smallest absolute Gasteiger partial charge is 0.150 e. The number of thiazole rings is 1. The number of nitrogens with one attached hydrogen (secondary N) is 2. The summed E-state index contributed by atoms with van der Waals surface area (Å²) in [6.07, 6.45) is 4.94. The predicted octanol–water partition coefficient (Wildman–Crippen LogP) is 2.40. The molecule has 7 heteroatoms. The molecule has 142 valence electrons. The average Bonchev–Trinajstić information content (AvgIpc) is 3.33. The van der Waals surface area contributed by atoms with Gasteiger partial charge in [-0.05, 0) is 45.7 Å². The standard InChI is InChI=1S/C19H30N6S/c1-15-18(26-14-21-15)5-3-9-24-8-2-4-16(13-24)17-12-19(23-22-17)25-10-6-20-7-11-25/h12,14,16,20H,2-11,13H2,1H3,(H,22,23). The van der Waals surface area contributed by atoms with E-state index in [0.29, 0.717) is 5.92 Å². The Balaban J connectivity index is 1.29. The van der Waals surface area contributed by atoms with Crippen LogP contribution in [0.2, 0.25) is 0 Å². The molecular formula is C19H30N6S. The highest BCUT2D eigenvalue weighted by Crippen LogP contribution is 2.28. The van der Waals surface area contributed by atoms with Gasteiger partial charge in [-0.15, -0.1) is 11.3 Å². The number of hydrogen-bond donors (Lipinski definition) is 2. The molecule has 0 bridgehead atoms. The number of nitrogens with zero attached hydrogens (tertiary/aromatic N) is 4. The van der Waals surface area contributed by atoms with Crippen molar-refractivity contribution in [2.45, 2.75) is 38.5 Å². The Morgan fingerprint density at radius 1 is 1.27 bits per heavy atom. The number of aromatic amines is 1. The van der Waals surface area contributed by atoms with Gasteiger partial charge in [-0.25, -0.2) is 4.98 Å². The summed E-state index contributed by atoms with van der Waals surface area (Å²) in [4.78, 5) is 10.8. The number of anilines is 1. The zero-order chi connectivity index (χ0) is 17.8. The second kappa shape index (κ2) is 8.50. The lowest BCUT2D eigenvalue weighted by Gasteiger charge is -2.32. The zero-order valence-electron chi connectivity index (χ0n) is 15.7. The van der Waals surface area contributed by atoms with E-state index in [2.05, 4.69) is 43.3 Å². The van der Waals surface area contributed by atoms with Gasteiger partial charge in [0.25, 0.3) is 0 Å². The maximum Gasteiger partial charge on any atom is 0.150 e. The first-order valence-corrected chi connectivity index (χ1v) is 10.8. The molecule has 1 atom stereocenters. The average molecular weight is 375 g/mol. The molecule has 2 aliphatic heterocycles. The summed E-state index contributed by atoms with van der Waals surface area (Å²) in [7, 11) is 0. The minimum atomic E-state index is 0.595. The summed E-state index contributed by atoms with van der Waals surface area (Å²) in [5.74, 6) is 1.72. The number of H-pyrrole nitrogens is 1. The number of likely N-dealkylation sites (tertiary alicyclic amines) is 1. The Kier molecular flexibility index (Phi) is 5.87. The lowest BCUT2D eigenvalue weighted by atomic mass is 9.94. The molecule has 2 saturated heterocycles. The van der Waals surface area contributed by atoms with Gasteiger partial charge in [0.1, 0.15) is 0 Å². The topological polar surface area (TPSA) is 60.1 Å². The molecule has 0 saturated carbocycles. The number of piperazine rings is 1. The fourth-order valence-electron chi connectivity index (χ4n) is 4.13. The highest BCUT2D eigenvalue weighted by atomic mass is 32.1. The van der Waals surface area contributed by atoms with Crippen LogP contribution in [-0.2, 0) is 6.42 Å². The first-order chi connectivity index (χ1) is 12.8. The van der Waals surface area contributed by atoms with Crippen LogP contribution >= 0.6 is 11.3 Å². The quantitative estimate of drug-likeness (QED) is 0.813. The predicted molar refractivity (Wildman–Crippen MR) is 107 cm³/mol. The van der Waals surface area contributed by atoms with Gasteiger partial charge in [0.2, 0.25) is 0 Å². The molecule has 2 N–H and O–H groups in total. The largest absolute Gasteiger partial charge is 0.353 e. The van der Waals surface area contributed by atoms with Crippen molar-refractivity contribution in [1.82, 2.24) is 25.4 Å². The molecule has 4 heterocycles. The number of aryl methyl sites for hydroxylation is 2. The Morgan fingerprint density at radius 2 is 2.15 bits per heavy atom. The van der Waals surface area contributed by atoms with E-state index >= 15 is 0 Å². The van der Waals surface area contributed by atoms with Crippen LogP contribution in [-0.4, -0.2) is 65.9 Å². The van der Waals surface area contributed by atoms with Crippen molar-refractivity contribution < 1.29 is 0 Å². The van der Waals surface area contributed by atoms with E-state index in [1.54, 1.807) is 11.3 Å². The summed E-state index contributed by atoms with van der Waals surface area (Å²) in [6, 6.07) is 2.29. The van der Waals surface area contributed by atoms with Gasteiger partial charge in [0, 0.05) is 55.3 Å². The fraction of sp³-hybridized carbons (Fsp3) is 0.684. The van der Waals surface area contributed by atoms with E-state index in [1.807, 2.05) is 5.51 Å². The highest BCUT2D eigenvalue weighted by Gasteiger charge is 2.24. The summed E-state index contributed by atoms with van der Waals surface area (Å²) in [5.41, 5.74) is 4.50. The molecule has 2 fully saturated rings. The van der Waals surface area contributed by atoms with Crippen LogP contribution in [0.4, 0.5) is 5.82 Å². The molecule has 2 aromatic rings. The van der Waals surface area contributed by atoms with E-state index in [1.165, 1.54) is 48.6 Å². The number of aromatic nitrogens is 3. The Hall–Kier alpha value is -1.44. The third-order valence-electron chi connectivity index (χ3n) is 5.69. The van der Waals surface area contributed by atoms with Gasteiger partial charge in [0.05, 0.1) is 11.2 Å². The van der Waals surface area contributed by atoms with Gasteiger partial charge in [-0.3, -0.25) is 5.10 Å². The molecule has 0 spiro atoms. The van der Waals surface area contributed by atoms with Crippen molar-refractivity contribution in [2.24, 2.45) is 0 Å². The Labute approximate surface area is 160 Å². The molecule has 0 aliphatic carbocycles. The van der Waals surface area contributed by atoms with Crippen LogP contribution in [0.25, 0.3) is 0 Å². The Bertz CT molecular complexity index is 690. The summed E-state index contributed by atoms with van der Waals surface area (Å²) in [6.45, 7) is 9.92. The molecule has 26 heavy (non-hydrogen) atoms. The van der Waals surface area contributed by atoms with Crippen molar-refractivity contribution in [2.75, 3.05) is 50.7 Å². The number of rotatable bonds is 6. The van der Waals surface area contributed by atoms with Crippen LogP contribution in [0.15, 0.2) is 11.6 Å². The van der Waals surface area contributed by atoms with E-state index in [0.717, 1.165) is 45.0 Å². The molecule has 4 rings (SSSR count). The van der Waals surface area contributed by atoms with Crippen LogP contribution in [0.3, 0.4) is 0 Å². The zero-order valence-corrected chi connectivity index (χ0v) is 16.5. The molecule has 2 aromatic heterocycles. The first-order valence-electron chi connectivity index (χ1n) is 9.92. The monoisotopic (exact) mass is 374 g/mol. The maximum absolute atomic E-state index is 4.59. The lowest BCUT2D eigenvalue weighted by molar-refractivity contribution is 0.204. The minimum Gasteiger partial charge on any atom is -0.353 e. The van der Waals surface area contributed by atoms with Gasteiger partial charge < -0.3 is 15.1 Å². The van der Waals surface area contributed by atoms with E-state index < -0.39 is 0 Å². The molecule has 0 aromatic carbocycles. The van der Waals surface area contributed by atoms with Gasteiger partial charge in [-0.1, -0.05) is 0 Å². The third-order valence-corrected chi connectivity index (χ3v) is 6.69. The van der Waals surface area contributed by atoms with Gasteiger partial charge >= 0.3 is 0 Å². The van der Waals surface area contributed by atoms with Crippen molar-refractivity contribution >= 4 is 17.2 Å².